The standard InChI is InChI=1S/C11H13NO4S/c1-15-10(13)7-16-11(14)12-4-2-8-3-5-17-9(8)6-12/h3,5H,2,4,6-7H2,1H3. The van der Waals surface area contributed by atoms with E-state index >= 15 is 0 Å². The molecule has 0 aromatic carbocycles. The van der Waals surface area contributed by atoms with Crippen molar-refractivity contribution >= 4 is 23.4 Å². The van der Waals surface area contributed by atoms with E-state index in [9.17, 15) is 9.59 Å². The Labute approximate surface area is 103 Å². The Balaban J connectivity index is 1.88. The normalized spacial score (nSPS) is 14.1. The van der Waals surface area contributed by atoms with Gasteiger partial charge in [-0.15, -0.1) is 11.3 Å². The monoisotopic (exact) mass is 255 g/mol. The molecule has 5 nitrogen and oxygen atoms in total. The molecule has 0 spiro atoms. The van der Waals surface area contributed by atoms with E-state index in [1.165, 1.54) is 17.6 Å². The molecule has 2 rings (SSSR count). The third-order valence-electron chi connectivity index (χ3n) is 2.62. The SMILES string of the molecule is COC(=O)COC(=O)N1CCc2ccsc2C1. The minimum absolute atomic E-state index is 0.330. The smallest absolute Gasteiger partial charge is 0.410 e. The van der Waals surface area contributed by atoms with Crippen molar-refractivity contribution in [3.63, 3.8) is 0 Å². The Morgan fingerprint density at radius 1 is 1.53 bits per heavy atom. The number of esters is 1. The molecule has 0 atom stereocenters. The molecule has 0 fully saturated rings. The van der Waals surface area contributed by atoms with Crippen LogP contribution >= 0.6 is 11.3 Å². The van der Waals surface area contributed by atoms with Gasteiger partial charge >= 0.3 is 12.1 Å². The van der Waals surface area contributed by atoms with Gasteiger partial charge in [0, 0.05) is 11.4 Å². The molecular weight excluding hydrogens is 242 g/mol. The van der Waals surface area contributed by atoms with Gasteiger partial charge in [-0.25, -0.2) is 9.59 Å². The van der Waals surface area contributed by atoms with Crippen LogP contribution in [0.15, 0.2) is 11.4 Å². The summed E-state index contributed by atoms with van der Waals surface area (Å²) >= 11 is 1.63. The molecule has 6 heteroatoms. The molecule has 1 aliphatic heterocycles. The number of nitrogens with zero attached hydrogens (tertiary/aromatic N) is 1. The lowest BCUT2D eigenvalue weighted by atomic mass is 10.1. The molecule has 1 amide bonds. The van der Waals surface area contributed by atoms with Crippen LogP contribution < -0.4 is 0 Å². The van der Waals surface area contributed by atoms with Crippen LogP contribution in [-0.2, 0) is 27.2 Å². The fourth-order valence-corrected chi connectivity index (χ4v) is 2.61. The van der Waals surface area contributed by atoms with Crippen LogP contribution in [0, 0.1) is 0 Å². The number of hydrogen-bond donors (Lipinski definition) is 0. The molecule has 1 aromatic rings. The molecule has 1 aromatic heterocycles. The minimum Gasteiger partial charge on any atom is -0.466 e. The van der Waals surface area contributed by atoms with Crippen molar-refractivity contribution in [3.05, 3.63) is 21.9 Å². The van der Waals surface area contributed by atoms with Gasteiger partial charge in [-0.05, 0) is 23.4 Å². The molecule has 92 valence electrons. The molecule has 0 N–H and O–H groups in total. The summed E-state index contributed by atoms with van der Waals surface area (Å²) in [4.78, 5) is 25.3. The molecule has 2 heterocycles. The maximum Gasteiger partial charge on any atom is 0.410 e. The van der Waals surface area contributed by atoms with Crippen molar-refractivity contribution in [2.24, 2.45) is 0 Å². The summed E-state index contributed by atoms with van der Waals surface area (Å²) in [6, 6.07) is 2.08. The Kier molecular flexibility index (Phi) is 3.63. The highest BCUT2D eigenvalue weighted by molar-refractivity contribution is 7.10. The van der Waals surface area contributed by atoms with Crippen molar-refractivity contribution in [1.29, 1.82) is 0 Å². The first-order chi connectivity index (χ1) is 8.20. The van der Waals surface area contributed by atoms with Crippen LogP contribution in [0.4, 0.5) is 4.79 Å². The van der Waals surface area contributed by atoms with E-state index in [0.717, 1.165) is 6.42 Å². The van der Waals surface area contributed by atoms with Gasteiger partial charge in [0.2, 0.25) is 0 Å². The zero-order chi connectivity index (χ0) is 12.3. The van der Waals surface area contributed by atoms with E-state index in [1.807, 2.05) is 5.38 Å². The molecule has 0 saturated carbocycles. The second-order valence-corrected chi connectivity index (χ2v) is 4.67. The zero-order valence-corrected chi connectivity index (χ0v) is 10.3. The number of hydrogen-bond acceptors (Lipinski definition) is 5. The number of ether oxygens (including phenoxy) is 2. The van der Waals surface area contributed by atoms with Crippen LogP contribution in [0.5, 0.6) is 0 Å². The Hall–Kier alpha value is -1.56. The van der Waals surface area contributed by atoms with Gasteiger partial charge in [-0.2, -0.15) is 0 Å². The predicted octanol–water partition coefficient (Wildman–Crippen LogP) is 1.42. The molecule has 0 saturated heterocycles. The Bertz CT molecular complexity index is 429. The first-order valence-electron chi connectivity index (χ1n) is 5.24. The molecule has 0 bridgehead atoms. The lowest BCUT2D eigenvalue weighted by molar-refractivity contribution is -0.144. The predicted molar refractivity (Wildman–Crippen MR) is 61.8 cm³/mol. The number of methoxy groups -OCH3 is 1. The largest absolute Gasteiger partial charge is 0.466 e. The zero-order valence-electron chi connectivity index (χ0n) is 9.47. The van der Waals surface area contributed by atoms with Gasteiger partial charge in [0.05, 0.1) is 13.7 Å². The maximum absolute atomic E-state index is 11.7. The highest BCUT2D eigenvalue weighted by Gasteiger charge is 2.23. The van der Waals surface area contributed by atoms with Crippen molar-refractivity contribution in [2.75, 3.05) is 20.3 Å². The fraction of sp³-hybridized carbons (Fsp3) is 0.455. The molecule has 1 aliphatic rings. The molecule has 17 heavy (non-hydrogen) atoms. The summed E-state index contributed by atoms with van der Waals surface area (Å²) < 4.78 is 9.24. The molecule has 0 aliphatic carbocycles. The second kappa shape index (κ2) is 5.18. The van der Waals surface area contributed by atoms with Crippen LogP contribution in [-0.4, -0.2) is 37.2 Å². The average molecular weight is 255 g/mol. The van der Waals surface area contributed by atoms with Crippen molar-refractivity contribution in [3.8, 4) is 0 Å². The lowest BCUT2D eigenvalue weighted by Gasteiger charge is -2.25. The van der Waals surface area contributed by atoms with Gasteiger partial charge in [0.1, 0.15) is 0 Å². The first-order valence-corrected chi connectivity index (χ1v) is 6.12. The van der Waals surface area contributed by atoms with E-state index in [-0.39, 0.29) is 6.61 Å². The first kappa shape index (κ1) is 11.9. The summed E-state index contributed by atoms with van der Waals surface area (Å²) in [6.45, 7) is 0.861. The Morgan fingerprint density at radius 2 is 2.35 bits per heavy atom. The average Bonchev–Trinajstić information content (AvgIpc) is 2.82. The number of carbonyl (C=O) groups is 2. The van der Waals surface area contributed by atoms with E-state index in [0.29, 0.717) is 13.1 Å². The lowest BCUT2D eigenvalue weighted by Crippen LogP contribution is -2.36. The summed E-state index contributed by atoms with van der Waals surface area (Å²) in [7, 11) is 1.26. The van der Waals surface area contributed by atoms with Gasteiger partial charge in [0.15, 0.2) is 6.61 Å². The Morgan fingerprint density at radius 3 is 3.12 bits per heavy atom. The van der Waals surface area contributed by atoms with Gasteiger partial charge in [-0.1, -0.05) is 0 Å². The van der Waals surface area contributed by atoms with E-state index < -0.39 is 12.1 Å². The minimum atomic E-state index is -0.549. The second-order valence-electron chi connectivity index (χ2n) is 3.67. The van der Waals surface area contributed by atoms with Gasteiger partial charge in [0.25, 0.3) is 0 Å². The molecule has 0 unspecified atom stereocenters. The highest BCUT2D eigenvalue weighted by atomic mass is 32.1. The summed E-state index contributed by atoms with van der Waals surface area (Å²) in [5.74, 6) is -0.549. The molecule has 0 radical (unpaired) electrons. The molecular formula is C11H13NO4S. The van der Waals surface area contributed by atoms with E-state index in [4.69, 9.17) is 4.74 Å². The summed E-state index contributed by atoms with van der Waals surface area (Å²) in [5.41, 5.74) is 1.30. The van der Waals surface area contributed by atoms with Crippen LogP contribution in [0.2, 0.25) is 0 Å². The number of thiophene rings is 1. The summed E-state index contributed by atoms with van der Waals surface area (Å²) in [6.07, 6.45) is 0.376. The van der Waals surface area contributed by atoms with Crippen molar-refractivity contribution in [2.45, 2.75) is 13.0 Å². The van der Waals surface area contributed by atoms with Crippen LogP contribution in [0.3, 0.4) is 0 Å². The van der Waals surface area contributed by atoms with Gasteiger partial charge in [-0.3, -0.25) is 0 Å². The van der Waals surface area contributed by atoms with Crippen LogP contribution in [0.25, 0.3) is 0 Å². The maximum atomic E-state index is 11.7. The fourth-order valence-electron chi connectivity index (χ4n) is 1.66. The summed E-state index contributed by atoms with van der Waals surface area (Å²) in [5, 5.41) is 2.02. The van der Waals surface area contributed by atoms with Gasteiger partial charge < -0.3 is 14.4 Å². The van der Waals surface area contributed by atoms with E-state index in [1.54, 1.807) is 16.2 Å². The topological polar surface area (TPSA) is 55.8 Å². The number of amides is 1. The van der Waals surface area contributed by atoms with Crippen molar-refractivity contribution < 1.29 is 19.1 Å². The van der Waals surface area contributed by atoms with E-state index in [2.05, 4.69) is 10.8 Å². The number of fused-ring (bicyclic) bond motifs is 1. The highest BCUT2D eigenvalue weighted by Crippen LogP contribution is 2.24. The number of carbonyl (C=O) groups excluding carboxylic acids is 2. The van der Waals surface area contributed by atoms with Crippen LogP contribution in [0.1, 0.15) is 10.4 Å². The van der Waals surface area contributed by atoms with Crippen molar-refractivity contribution in [1.82, 2.24) is 4.90 Å². The third kappa shape index (κ3) is 2.76. The third-order valence-corrected chi connectivity index (χ3v) is 3.57. The quantitative estimate of drug-likeness (QED) is 0.750. The number of rotatable bonds is 2.